The number of hydrogen-bond acceptors (Lipinski definition) is 3. The fourth-order valence-corrected chi connectivity index (χ4v) is 3.28. The highest BCUT2D eigenvalue weighted by Gasteiger charge is 2.16. The predicted molar refractivity (Wildman–Crippen MR) is 101 cm³/mol. The standard InChI is InChI=1S/C22H25NO2/c1-2-25-22(24)19-15-13-18(14-16-19)21(17-9-5-3-6-10-17)23-20-11-7-4-8-12-20/h3,5-6,9-10,13-16,20H,2,4,7-8,11-12H2,1H3. The third-order valence-electron chi connectivity index (χ3n) is 4.60. The lowest BCUT2D eigenvalue weighted by Gasteiger charge is -2.20. The van der Waals surface area contributed by atoms with Gasteiger partial charge in [0.15, 0.2) is 0 Å². The van der Waals surface area contributed by atoms with E-state index in [1.807, 2.05) is 49.4 Å². The van der Waals surface area contributed by atoms with Gasteiger partial charge in [-0.15, -0.1) is 0 Å². The number of rotatable bonds is 5. The fraction of sp³-hybridized carbons (Fsp3) is 0.364. The minimum Gasteiger partial charge on any atom is -0.462 e. The van der Waals surface area contributed by atoms with Gasteiger partial charge in [-0.1, -0.05) is 61.7 Å². The molecule has 130 valence electrons. The van der Waals surface area contributed by atoms with Crippen molar-refractivity contribution in [2.45, 2.75) is 45.1 Å². The van der Waals surface area contributed by atoms with E-state index in [-0.39, 0.29) is 5.97 Å². The van der Waals surface area contributed by atoms with Crippen molar-refractivity contribution in [3.8, 4) is 0 Å². The Morgan fingerprint density at radius 2 is 1.52 bits per heavy atom. The molecule has 0 spiro atoms. The van der Waals surface area contributed by atoms with Crippen molar-refractivity contribution in [1.29, 1.82) is 0 Å². The van der Waals surface area contributed by atoms with Gasteiger partial charge in [0.1, 0.15) is 0 Å². The summed E-state index contributed by atoms with van der Waals surface area (Å²) in [6.45, 7) is 2.20. The van der Waals surface area contributed by atoms with Crippen LogP contribution in [0.2, 0.25) is 0 Å². The minimum absolute atomic E-state index is 0.278. The molecule has 1 aliphatic rings. The van der Waals surface area contributed by atoms with Crippen LogP contribution in [0.5, 0.6) is 0 Å². The van der Waals surface area contributed by atoms with Crippen molar-refractivity contribution in [1.82, 2.24) is 0 Å². The molecule has 0 aromatic heterocycles. The largest absolute Gasteiger partial charge is 0.462 e. The van der Waals surface area contributed by atoms with Crippen LogP contribution in [-0.4, -0.2) is 24.3 Å². The van der Waals surface area contributed by atoms with Crippen molar-refractivity contribution < 1.29 is 9.53 Å². The molecular formula is C22H25NO2. The number of hydrogen-bond donors (Lipinski definition) is 0. The third-order valence-corrected chi connectivity index (χ3v) is 4.60. The lowest BCUT2D eigenvalue weighted by atomic mass is 9.94. The van der Waals surface area contributed by atoms with Crippen LogP contribution < -0.4 is 0 Å². The Bertz CT molecular complexity index is 713. The van der Waals surface area contributed by atoms with Crippen LogP contribution in [0, 0.1) is 0 Å². The van der Waals surface area contributed by atoms with Crippen molar-refractivity contribution in [3.63, 3.8) is 0 Å². The normalized spacial score (nSPS) is 15.8. The van der Waals surface area contributed by atoms with Gasteiger partial charge in [-0.05, 0) is 31.9 Å². The first kappa shape index (κ1) is 17.4. The van der Waals surface area contributed by atoms with Crippen molar-refractivity contribution in [2.24, 2.45) is 4.99 Å². The smallest absolute Gasteiger partial charge is 0.338 e. The van der Waals surface area contributed by atoms with Gasteiger partial charge in [-0.2, -0.15) is 0 Å². The molecular weight excluding hydrogens is 310 g/mol. The van der Waals surface area contributed by atoms with Crippen LogP contribution in [0.4, 0.5) is 0 Å². The molecule has 1 aliphatic carbocycles. The van der Waals surface area contributed by atoms with Crippen molar-refractivity contribution in [2.75, 3.05) is 6.61 Å². The van der Waals surface area contributed by atoms with Crippen LogP contribution >= 0.6 is 0 Å². The summed E-state index contributed by atoms with van der Waals surface area (Å²) in [7, 11) is 0. The van der Waals surface area contributed by atoms with Crippen LogP contribution in [0.3, 0.4) is 0 Å². The zero-order valence-electron chi connectivity index (χ0n) is 14.8. The molecule has 1 saturated carbocycles. The third kappa shape index (κ3) is 4.56. The molecule has 3 nitrogen and oxygen atoms in total. The van der Waals surface area contributed by atoms with Gasteiger partial charge in [0, 0.05) is 11.1 Å². The monoisotopic (exact) mass is 335 g/mol. The maximum atomic E-state index is 11.9. The van der Waals surface area contributed by atoms with Crippen LogP contribution in [-0.2, 0) is 4.74 Å². The molecule has 2 aromatic carbocycles. The summed E-state index contributed by atoms with van der Waals surface area (Å²) in [5.74, 6) is -0.278. The molecule has 25 heavy (non-hydrogen) atoms. The van der Waals surface area contributed by atoms with Crippen LogP contribution in [0.15, 0.2) is 59.6 Å². The Morgan fingerprint density at radius 1 is 0.920 bits per heavy atom. The summed E-state index contributed by atoms with van der Waals surface area (Å²) in [4.78, 5) is 16.9. The molecule has 0 radical (unpaired) electrons. The topological polar surface area (TPSA) is 38.7 Å². The first-order valence-corrected chi connectivity index (χ1v) is 9.18. The molecule has 0 bridgehead atoms. The minimum atomic E-state index is -0.278. The van der Waals surface area contributed by atoms with E-state index in [4.69, 9.17) is 9.73 Å². The fourth-order valence-electron chi connectivity index (χ4n) is 3.28. The zero-order valence-corrected chi connectivity index (χ0v) is 14.8. The second-order valence-corrected chi connectivity index (χ2v) is 6.43. The van der Waals surface area contributed by atoms with E-state index in [0.717, 1.165) is 29.7 Å². The Hall–Kier alpha value is -2.42. The van der Waals surface area contributed by atoms with E-state index in [1.54, 1.807) is 0 Å². The lowest BCUT2D eigenvalue weighted by Crippen LogP contribution is -2.15. The van der Waals surface area contributed by atoms with E-state index < -0.39 is 0 Å². The van der Waals surface area contributed by atoms with Crippen LogP contribution in [0.25, 0.3) is 0 Å². The molecule has 0 amide bonds. The molecule has 0 aliphatic heterocycles. The Labute approximate surface area is 149 Å². The van der Waals surface area contributed by atoms with Gasteiger partial charge in [-0.25, -0.2) is 4.79 Å². The summed E-state index contributed by atoms with van der Waals surface area (Å²) < 4.78 is 5.07. The summed E-state index contributed by atoms with van der Waals surface area (Å²) in [5, 5.41) is 0. The SMILES string of the molecule is CCOC(=O)c1ccc(C(=NC2CCCCC2)c2ccccc2)cc1. The highest BCUT2D eigenvalue weighted by atomic mass is 16.5. The maximum absolute atomic E-state index is 11.9. The van der Waals surface area contributed by atoms with Gasteiger partial charge in [-0.3, -0.25) is 4.99 Å². The van der Waals surface area contributed by atoms with Crippen LogP contribution in [0.1, 0.15) is 60.5 Å². The highest BCUT2D eigenvalue weighted by molar-refractivity contribution is 6.13. The first-order chi connectivity index (χ1) is 12.3. The van der Waals surface area contributed by atoms with Crippen molar-refractivity contribution in [3.05, 3.63) is 71.3 Å². The van der Waals surface area contributed by atoms with E-state index in [9.17, 15) is 4.79 Å². The summed E-state index contributed by atoms with van der Waals surface area (Å²) >= 11 is 0. The second kappa shape index (κ2) is 8.61. The summed E-state index contributed by atoms with van der Waals surface area (Å²) in [6.07, 6.45) is 6.17. The number of aliphatic imine (C=N–C) groups is 1. The number of esters is 1. The second-order valence-electron chi connectivity index (χ2n) is 6.43. The van der Waals surface area contributed by atoms with E-state index in [2.05, 4.69) is 12.1 Å². The van der Waals surface area contributed by atoms with E-state index >= 15 is 0 Å². The summed E-state index contributed by atoms with van der Waals surface area (Å²) in [5.41, 5.74) is 3.76. The van der Waals surface area contributed by atoms with Gasteiger partial charge in [0.25, 0.3) is 0 Å². The number of carbonyl (C=O) groups is 1. The molecule has 0 unspecified atom stereocenters. The Balaban J connectivity index is 1.91. The molecule has 1 fully saturated rings. The maximum Gasteiger partial charge on any atom is 0.338 e. The lowest BCUT2D eigenvalue weighted by molar-refractivity contribution is 0.0526. The van der Waals surface area contributed by atoms with Gasteiger partial charge in [0.05, 0.1) is 23.9 Å². The average Bonchev–Trinajstić information content (AvgIpc) is 2.68. The Morgan fingerprint density at radius 3 is 2.16 bits per heavy atom. The number of nitrogens with zero attached hydrogens (tertiary/aromatic N) is 1. The van der Waals surface area contributed by atoms with Gasteiger partial charge < -0.3 is 4.74 Å². The number of carbonyl (C=O) groups excluding carboxylic acids is 1. The number of ether oxygens (including phenoxy) is 1. The zero-order chi connectivity index (χ0) is 17.5. The highest BCUT2D eigenvalue weighted by Crippen LogP contribution is 2.23. The van der Waals surface area contributed by atoms with Gasteiger partial charge >= 0.3 is 5.97 Å². The molecule has 0 saturated heterocycles. The van der Waals surface area contributed by atoms with Crippen molar-refractivity contribution >= 4 is 11.7 Å². The quantitative estimate of drug-likeness (QED) is 0.567. The summed E-state index contributed by atoms with van der Waals surface area (Å²) in [6, 6.07) is 18.3. The molecule has 3 rings (SSSR count). The van der Waals surface area contributed by atoms with Gasteiger partial charge in [0.2, 0.25) is 0 Å². The molecule has 0 atom stereocenters. The Kier molecular flexibility index (Phi) is 5.99. The molecule has 0 heterocycles. The van der Waals surface area contributed by atoms with E-state index in [0.29, 0.717) is 18.2 Å². The number of benzene rings is 2. The van der Waals surface area contributed by atoms with E-state index in [1.165, 1.54) is 19.3 Å². The molecule has 3 heteroatoms. The predicted octanol–water partition coefficient (Wildman–Crippen LogP) is 5.03. The average molecular weight is 335 g/mol. The molecule has 0 N–H and O–H groups in total. The molecule has 2 aromatic rings. The first-order valence-electron chi connectivity index (χ1n) is 9.18.